The van der Waals surface area contributed by atoms with Crippen LogP contribution in [0.15, 0.2) is 42.5 Å². The third-order valence-corrected chi connectivity index (χ3v) is 3.40. The first-order chi connectivity index (χ1) is 9.49. The van der Waals surface area contributed by atoms with Crippen molar-refractivity contribution in [1.29, 1.82) is 0 Å². The molecule has 20 heavy (non-hydrogen) atoms. The summed E-state index contributed by atoms with van der Waals surface area (Å²) in [6, 6.07) is 12.5. The lowest BCUT2D eigenvalue weighted by molar-refractivity contribution is 0.0782. The second-order valence-electron chi connectivity index (χ2n) is 4.76. The van der Waals surface area contributed by atoms with E-state index in [1.807, 2.05) is 12.1 Å². The Labute approximate surface area is 123 Å². The lowest BCUT2D eigenvalue weighted by atomic mass is 10.1. The number of phenols is 1. The molecule has 3 nitrogen and oxygen atoms in total. The summed E-state index contributed by atoms with van der Waals surface area (Å²) in [6.07, 6.45) is 0. The fourth-order valence-electron chi connectivity index (χ4n) is 1.97. The van der Waals surface area contributed by atoms with Crippen molar-refractivity contribution < 1.29 is 9.90 Å². The number of hydrogen-bond donors (Lipinski definition) is 1. The molecule has 0 aliphatic heterocycles. The lowest BCUT2D eigenvalue weighted by Crippen LogP contribution is -2.26. The molecule has 0 saturated carbocycles. The summed E-state index contributed by atoms with van der Waals surface area (Å²) in [6.45, 7) is 2.23. The monoisotopic (exact) mass is 289 g/mol. The van der Waals surface area contributed by atoms with Gasteiger partial charge in [0.05, 0.1) is 5.56 Å². The van der Waals surface area contributed by atoms with Gasteiger partial charge in [0.15, 0.2) is 0 Å². The van der Waals surface area contributed by atoms with Crippen LogP contribution in [0.25, 0.3) is 0 Å². The van der Waals surface area contributed by atoms with E-state index in [2.05, 4.69) is 0 Å². The summed E-state index contributed by atoms with van der Waals surface area (Å²) < 4.78 is 0. The largest absolute Gasteiger partial charge is 0.507 e. The zero-order valence-corrected chi connectivity index (χ0v) is 12.2. The number of nitrogens with zero attached hydrogens (tertiary/aromatic N) is 1. The van der Waals surface area contributed by atoms with Crippen molar-refractivity contribution in [2.75, 3.05) is 7.05 Å². The Bertz CT molecular complexity index is 623. The second kappa shape index (κ2) is 5.97. The summed E-state index contributed by atoms with van der Waals surface area (Å²) in [4.78, 5) is 13.9. The van der Waals surface area contributed by atoms with Gasteiger partial charge in [0.2, 0.25) is 0 Å². The fraction of sp³-hybridized carbons (Fsp3) is 0.188. The highest BCUT2D eigenvalue weighted by atomic mass is 35.5. The average molecular weight is 290 g/mol. The van der Waals surface area contributed by atoms with Gasteiger partial charge in [-0.25, -0.2) is 0 Å². The van der Waals surface area contributed by atoms with Crippen molar-refractivity contribution in [3.63, 3.8) is 0 Å². The van der Waals surface area contributed by atoms with Crippen LogP contribution in [-0.2, 0) is 6.54 Å². The van der Waals surface area contributed by atoms with Crippen LogP contribution in [0.4, 0.5) is 0 Å². The molecular weight excluding hydrogens is 274 g/mol. The van der Waals surface area contributed by atoms with Gasteiger partial charge >= 0.3 is 0 Å². The minimum absolute atomic E-state index is 0.0421. The Morgan fingerprint density at radius 2 is 1.85 bits per heavy atom. The highest BCUT2D eigenvalue weighted by molar-refractivity contribution is 6.30. The van der Waals surface area contributed by atoms with Crippen molar-refractivity contribution in [2.45, 2.75) is 13.5 Å². The van der Waals surface area contributed by atoms with Gasteiger partial charge in [-0.15, -0.1) is 0 Å². The van der Waals surface area contributed by atoms with Crippen LogP contribution in [0.3, 0.4) is 0 Å². The maximum absolute atomic E-state index is 12.3. The summed E-state index contributed by atoms with van der Waals surface area (Å²) in [5.74, 6) is -0.165. The SMILES string of the molecule is Cc1cccc(C(=O)N(C)Cc2ccc(Cl)cc2)c1O. The maximum Gasteiger partial charge on any atom is 0.257 e. The Morgan fingerprint density at radius 1 is 1.20 bits per heavy atom. The molecule has 104 valence electrons. The quantitative estimate of drug-likeness (QED) is 0.937. The van der Waals surface area contributed by atoms with Gasteiger partial charge in [-0.2, -0.15) is 0 Å². The molecule has 0 aliphatic rings. The van der Waals surface area contributed by atoms with Gasteiger partial charge in [0.1, 0.15) is 5.75 Å². The molecular formula is C16H16ClNO2. The van der Waals surface area contributed by atoms with Crippen LogP contribution in [0.1, 0.15) is 21.5 Å². The molecule has 0 unspecified atom stereocenters. The molecule has 0 fully saturated rings. The predicted molar refractivity (Wildman–Crippen MR) is 80.1 cm³/mol. The zero-order chi connectivity index (χ0) is 14.7. The smallest absolute Gasteiger partial charge is 0.257 e. The summed E-state index contributed by atoms with van der Waals surface area (Å²) in [5.41, 5.74) is 1.99. The number of amides is 1. The number of benzene rings is 2. The van der Waals surface area contributed by atoms with Crippen LogP contribution >= 0.6 is 11.6 Å². The van der Waals surface area contributed by atoms with E-state index in [0.29, 0.717) is 22.7 Å². The first-order valence-corrected chi connectivity index (χ1v) is 6.65. The fourth-order valence-corrected chi connectivity index (χ4v) is 2.10. The van der Waals surface area contributed by atoms with Crippen molar-refractivity contribution in [2.24, 2.45) is 0 Å². The number of aromatic hydroxyl groups is 1. The van der Waals surface area contributed by atoms with E-state index in [4.69, 9.17) is 11.6 Å². The molecule has 0 bridgehead atoms. The maximum atomic E-state index is 12.3. The number of rotatable bonds is 3. The van der Waals surface area contributed by atoms with E-state index in [9.17, 15) is 9.90 Å². The van der Waals surface area contributed by atoms with Gasteiger partial charge in [0, 0.05) is 18.6 Å². The Balaban J connectivity index is 2.16. The second-order valence-corrected chi connectivity index (χ2v) is 5.20. The van der Waals surface area contributed by atoms with Crippen LogP contribution in [0, 0.1) is 6.92 Å². The molecule has 0 aromatic heterocycles. The van der Waals surface area contributed by atoms with Crippen molar-refractivity contribution in [3.8, 4) is 5.75 Å². The van der Waals surface area contributed by atoms with E-state index in [0.717, 1.165) is 5.56 Å². The van der Waals surface area contributed by atoms with Gasteiger partial charge < -0.3 is 10.0 Å². The van der Waals surface area contributed by atoms with E-state index in [1.165, 1.54) is 0 Å². The molecule has 1 N–H and O–H groups in total. The molecule has 2 aromatic rings. The average Bonchev–Trinajstić information content (AvgIpc) is 2.43. The molecule has 0 saturated heterocycles. The first kappa shape index (κ1) is 14.4. The van der Waals surface area contributed by atoms with Crippen LogP contribution in [0.2, 0.25) is 5.02 Å². The molecule has 1 amide bonds. The minimum atomic E-state index is -0.207. The van der Waals surface area contributed by atoms with E-state index in [1.54, 1.807) is 49.2 Å². The molecule has 0 heterocycles. The highest BCUT2D eigenvalue weighted by Gasteiger charge is 2.16. The number of phenolic OH excluding ortho intramolecular Hbond substituents is 1. The standard InChI is InChI=1S/C16H16ClNO2/c1-11-4-3-5-14(15(11)19)16(20)18(2)10-12-6-8-13(17)9-7-12/h3-9,19H,10H2,1-2H3. The molecule has 2 rings (SSSR count). The van der Waals surface area contributed by atoms with Crippen LogP contribution in [0.5, 0.6) is 5.75 Å². The first-order valence-electron chi connectivity index (χ1n) is 6.27. The molecule has 0 atom stereocenters. The van der Waals surface area contributed by atoms with E-state index in [-0.39, 0.29) is 11.7 Å². The van der Waals surface area contributed by atoms with Gasteiger partial charge in [0.25, 0.3) is 5.91 Å². The summed E-state index contributed by atoms with van der Waals surface area (Å²) in [7, 11) is 1.71. The molecule has 4 heteroatoms. The minimum Gasteiger partial charge on any atom is -0.507 e. The van der Waals surface area contributed by atoms with Crippen molar-refractivity contribution in [3.05, 3.63) is 64.2 Å². The molecule has 2 aromatic carbocycles. The Kier molecular flexibility index (Phi) is 4.30. The number of aryl methyl sites for hydroxylation is 1. The number of carbonyl (C=O) groups excluding carboxylic acids is 1. The zero-order valence-electron chi connectivity index (χ0n) is 11.4. The Morgan fingerprint density at radius 3 is 2.50 bits per heavy atom. The normalized spacial score (nSPS) is 10.3. The summed E-state index contributed by atoms with van der Waals surface area (Å²) >= 11 is 5.83. The van der Waals surface area contributed by atoms with Crippen molar-refractivity contribution >= 4 is 17.5 Å². The van der Waals surface area contributed by atoms with Gasteiger partial charge in [-0.1, -0.05) is 35.9 Å². The predicted octanol–water partition coefficient (Wildman–Crippen LogP) is 3.63. The molecule has 0 radical (unpaired) electrons. The van der Waals surface area contributed by atoms with Gasteiger partial charge in [-0.05, 0) is 36.2 Å². The van der Waals surface area contributed by atoms with Crippen molar-refractivity contribution in [1.82, 2.24) is 4.90 Å². The number of hydrogen-bond acceptors (Lipinski definition) is 2. The summed E-state index contributed by atoms with van der Waals surface area (Å²) in [5, 5.41) is 10.6. The number of carbonyl (C=O) groups is 1. The Hall–Kier alpha value is -2.00. The number of para-hydroxylation sites is 1. The van der Waals surface area contributed by atoms with E-state index < -0.39 is 0 Å². The number of halogens is 1. The van der Waals surface area contributed by atoms with Crippen LogP contribution < -0.4 is 0 Å². The third-order valence-electron chi connectivity index (χ3n) is 3.15. The van der Waals surface area contributed by atoms with Gasteiger partial charge in [-0.3, -0.25) is 4.79 Å². The highest BCUT2D eigenvalue weighted by Crippen LogP contribution is 2.23. The molecule has 0 spiro atoms. The molecule has 0 aliphatic carbocycles. The van der Waals surface area contributed by atoms with E-state index >= 15 is 0 Å². The van der Waals surface area contributed by atoms with Crippen LogP contribution in [-0.4, -0.2) is 23.0 Å². The third kappa shape index (κ3) is 3.11. The topological polar surface area (TPSA) is 40.5 Å². The lowest BCUT2D eigenvalue weighted by Gasteiger charge is -2.18.